The highest BCUT2D eigenvalue weighted by Crippen LogP contribution is 2.10. The number of esters is 1. The van der Waals surface area contributed by atoms with Crippen LogP contribution in [0.4, 0.5) is 0 Å². The molecule has 102 valence electrons. The van der Waals surface area contributed by atoms with Crippen molar-refractivity contribution in [2.24, 2.45) is 0 Å². The Balaban J connectivity index is 2.49. The van der Waals surface area contributed by atoms with Gasteiger partial charge in [0.05, 0.1) is 13.5 Å². The molecule has 0 aromatic heterocycles. The van der Waals surface area contributed by atoms with Crippen LogP contribution in [0.5, 0.6) is 0 Å². The van der Waals surface area contributed by atoms with Crippen molar-refractivity contribution in [3.05, 3.63) is 41.5 Å². The number of methoxy groups -OCH3 is 1. The van der Waals surface area contributed by atoms with Crippen LogP contribution in [0.3, 0.4) is 0 Å². The van der Waals surface area contributed by atoms with Gasteiger partial charge in [0.25, 0.3) is 0 Å². The van der Waals surface area contributed by atoms with Gasteiger partial charge in [-0.2, -0.15) is 0 Å². The minimum Gasteiger partial charge on any atom is -0.469 e. The Bertz CT molecular complexity index is 466. The first kappa shape index (κ1) is 15.5. The predicted molar refractivity (Wildman–Crippen MR) is 79.0 cm³/mol. The van der Waals surface area contributed by atoms with E-state index in [1.165, 1.54) is 18.9 Å². The molecule has 0 saturated carbocycles. The topological polar surface area (TPSA) is 43.4 Å². The van der Waals surface area contributed by atoms with Crippen LogP contribution in [0.15, 0.2) is 30.3 Å². The quantitative estimate of drug-likeness (QED) is 0.592. The molecule has 0 fully saturated rings. The Labute approximate surface area is 118 Å². The number of ether oxygens (including phenoxy) is 1. The van der Waals surface area contributed by atoms with Gasteiger partial charge in [-0.25, -0.2) is 0 Å². The van der Waals surface area contributed by atoms with Gasteiger partial charge >= 0.3 is 5.97 Å². The number of rotatable bonds is 6. The van der Waals surface area contributed by atoms with Crippen molar-refractivity contribution in [2.45, 2.75) is 19.8 Å². The van der Waals surface area contributed by atoms with Crippen LogP contribution in [0.25, 0.3) is 6.08 Å². The predicted octanol–water partition coefficient (Wildman–Crippen LogP) is 3.09. The highest BCUT2D eigenvalue weighted by atomic mass is 32.2. The number of allylic oxidation sites excluding steroid dienone is 1. The second-order valence-electron chi connectivity index (χ2n) is 4.03. The molecule has 3 nitrogen and oxygen atoms in total. The molecule has 0 radical (unpaired) electrons. The molecular weight excluding hydrogens is 260 g/mol. The van der Waals surface area contributed by atoms with Crippen molar-refractivity contribution in [3.8, 4) is 0 Å². The fraction of sp³-hybridized carbons (Fsp3) is 0.333. The smallest absolute Gasteiger partial charge is 0.309 e. The fourth-order valence-corrected chi connectivity index (χ4v) is 2.08. The maximum absolute atomic E-state index is 11.2. The van der Waals surface area contributed by atoms with Crippen LogP contribution >= 0.6 is 11.8 Å². The Morgan fingerprint density at radius 3 is 2.84 bits per heavy atom. The summed E-state index contributed by atoms with van der Waals surface area (Å²) in [5.74, 6) is 0.562. The van der Waals surface area contributed by atoms with Crippen LogP contribution in [-0.4, -0.2) is 23.9 Å². The summed E-state index contributed by atoms with van der Waals surface area (Å²) >= 11 is 1.33. The molecule has 0 unspecified atom stereocenters. The lowest BCUT2D eigenvalue weighted by atomic mass is 10.1. The minimum absolute atomic E-state index is 0.147. The standard InChI is InChI=1S/C15H18O3S/c1-12(16)19-9-4-3-6-13-7-5-8-14(10-13)11-15(17)18-2/h3,5-8,10H,4,9,11H2,1-2H3. The van der Waals surface area contributed by atoms with Crippen LogP contribution in [0.1, 0.15) is 24.5 Å². The average molecular weight is 278 g/mol. The molecule has 1 aromatic rings. The van der Waals surface area contributed by atoms with Crippen molar-refractivity contribution in [3.63, 3.8) is 0 Å². The average Bonchev–Trinajstić information content (AvgIpc) is 2.38. The monoisotopic (exact) mass is 278 g/mol. The van der Waals surface area contributed by atoms with Gasteiger partial charge in [0.2, 0.25) is 0 Å². The lowest BCUT2D eigenvalue weighted by molar-refractivity contribution is -0.139. The lowest BCUT2D eigenvalue weighted by Crippen LogP contribution is -2.04. The van der Waals surface area contributed by atoms with E-state index in [9.17, 15) is 9.59 Å². The molecule has 1 rings (SSSR count). The third kappa shape index (κ3) is 6.82. The molecule has 0 amide bonds. The molecule has 0 spiro atoms. The van der Waals surface area contributed by atoms with Gasteiger partial charge in [-0.1, -0.05) is 48.2 Å². The number of carbonyl (C=O) groups excluding carboxylic acids is 2. The fourth-order valence-electron chi connectivity index (χ4n) is 1.54. The van der Waals surface area contributed by atoms with Crippen LogP contribution in [-0.2, 0) is 20.7 Å². The van der Waals surface area contributed by atoms with Gasteiger partial charge < -0.3 is 4.74 Å². The molecule has 0 bridgehead atoms. The summed E-state index contributed by atoms with van der Waals surface area (Å²) in [6, 6.07) is 7.77. The first-order valence-electron chi connectivity index (χ1n) is 6.07. The molecule has 0 heterocycles. The van der Waals surface area contributed by atoms with E-state index >= 15 is 0 Å². The molecule has 1 aromatic carbocycles. The summed E-state index contributed by atoms with van der Waals surface area (Å²) in [4.78, 5) is 21.9. The summed E-state index contributed by atoms with van der Waals surface area (Å²) in [6.45, 7) is 1.57. The molecule has 4 heteroatoms. The second-order valence-corrected chi connectivity index (χ2v) is 5.30. The summed E-state index contributed by atoms with van der Waals surface area (Å²) in [6.07, 6.45) is 5.18. The van der Waals surface area contributed by atoms with Crippen LogP contribution < -0.4 is 0 Å². The highest BCUT2D eigenvalue weighted by Gasteiger charge is 2.02. The molecular formula is C15H18O3S. The Morgan fingerprint density at radius 2 is 2.16 bits per heavy atom. The maximum Gasteiger partial charge on any atom is 0.309 e. The SMILES string of the molecule is COC(=O)Cc1cccc(C=CCCSC(C)=O)c1. The number of thioether (sulfide) groups is 1. The van der Waals surface area contributed by atoms with Crippen molar-refractivity contribution >= 4 is 28.9 Å². The third-order valence-electron chi connectivity index (χ3n) is 2.43. The minimum atomic E-state index is -0.237. The van der Waals surface area contributed by atoms with E-state index < -0.39 is 0 Å². The van der Waals surface area contributed by atoms with E-state index in [1.54, 1.807) is 6.92 Å². The molecule has 19 heavy (non-hydrogen) atoms. The Morgan fingerprint density at radius 1 is 1.37 bits per heavy atom. The van der Waals surface area contributed by atoms with Crippen molar-refractivity contribution in [1.82, 2.24) is 0 Å². The zero-order chi connectivity index (χ0) is 14.1. The van der Waals surface area contributed by atoms with Gasteiger partial charge in [-0.05, 0) is 17.5 Å². The maximum atomic E-state index is 11.2. The van der Waals surface area contributed by atoms with Crippen molar-refractivity contribution in [1.29, 1.82) is 0 Å². The largest absolute Gasteiger partial charge is 0.469 e. The number of hydrogen-bond acceptors (Lipinski definition) is 4. The molecule has 0 aliphatic carbocycles. The Kier molecular flexibility index (Phi) is 6.97. The van der Waals surface area contributed by atoms with Gasteiger partial charge in [0, 0.05) is 12.7 Å². The van der Waals surface area contributed by atoms with E-state index in [4.69, 9.17) is 0 Å². The van der Waals surface area contributed by atoms with Gasteiger partial charge in [0.15, 0.2) is 5.12 Å². The van der Waals surface area contributed by atoms with Crippen LogP contribution in [0.2, 0.25) is 0 Å². The molecule has 0 N–H and O–H groups in total. The summed E-state index contributed by atoms with van der Waals surface area (Å²) < 4.78 is 4.64. The van der Waals surface area contributed by atoms with Gasteiger partial charge in [-0.3, -0.25) is 9.59 Å². The number of carbonyl (C=O) groups is 2. The number of benzene rings is 1. The molecule has 0 aliphatic heterocycles. The zero-order valence-electron chi connectivity index (χ0n) is 11.2. The summed E-state index contributed by atoms with van der Waals surface area (Å²) in [5.41, 5.74) is 1.99. The lowest BCUT2D eigenvalue weighted by Gasteiger charge is -2.01. The summed E-state index contributed by atoms with van der Waals surface area (Å²) in [5, 5.41) is 0.147. The summed E-state index contributed by atoms with van der Waals surface area (Å²) in [7, 11) is 1.39. The number of hydrogen-bond donors (Lipinski definition) is 0. The Hall–Kier alpha value is -1.55. The van der Waals surface area contributed by atoms with E-state index in [0.29, 0.717) is 6.42 Å². The van der Waals surface area contributed by atoms with E-state index in [2.05, 4.69) is 4.74 Å². The van der Waals surface area contributed by atoms with Crippen molar-refractivity contribution < 1.29 is 14.3 Å². The second kappa shape index (κ2) is 8.53. The normalized spacial score (nSPS) is 10.6. The van der Waals surface area contributed by atoms with Gasteiger partial charge in [-0.15, -0.1) is 0 Å². The molecule has 0 saturated heterocycles. The van der Waals surface area contributed by atoms with E-state index in [1.807, 2.05) is 36.4 Å². The highest BCUT2D eigenvalue weighted by molar-refractivity contribution is 8.13. The van der Waals surface area contributed by atoms with E-state index in [0.717, 1.165) is 23.3 Å². The first-order valence-corrected chi connectivity index (χ1v) is 7.06. The third-order valence-corrected chi connectivity index (χ3v) is 3.27. The van der Waals surface area contributed by atoms with Crippen LogP contribution in [0, 0.1) is 0 Å². The molecule has 0 atom stereocenters. The van der Waals surface area contributed by atoms with Gasteiger partial charge in [0.1, 0.15) is 0 Å². The molecule has 0 aliphatic rings. The first-order chi connectivity index (χ1) is 9.11. The zero-order valence-corrected chi connectivity index (χ0v) is 12.0. The van der Waals surface area contributed by atoms with Crippen molar-refractivity contribution in [2.75, 3.05) is 12.9 Å². The van der Waals surface area contributed by atoms with E-state index in [-0.39, 0.29) is 11.1 Å².